The summed E-state index contributed by atoms with van der Waals surface area (Å²) < 4.78 is 14.3. The molecule has 6 aromatic rings. The predicted molar refractivity (Wildman–Crippen MR) is 272 cm³/mol. The number of nitrogens with one attached hydrogen (secondary N) is 2. The van der Waals surface area contributed by atoms with Crippen LogP contribution in [0.4, 0.5) is 17.4 Å². The fourth-order valence-electron chi connectivity index (χ4n) is 10.3. The Morgan fingerprint density at radius 1 is 0.986 bits per heavy atom. The Morgan fingerprint density at radius 3 is 2.48 bits per heavy atom. The van der Waals surface area contributed by atoms with Crippen LogP contribution >= 0.6 is 34.9 Å². The molecule has 2 amide bonds. The Hall–Kier alpha value is -5.82. The van der Waals surface area contributed by atoms with Crippen LogP contribution in [0.25, 0.3) is 32.3 Å². The van der Waals surface area contributed by atoms with E-state index in [1.807, 2.05) is 48.3 Å². The van der Waals surface area contributed by atoms with Crippen molar-refractivity contribution in [1.29, 1.82) is 0 Å². The number of ether oxygens (including phenoxy) is 1. The number of benzene rings is 4. The average molecular weight is 996 g/mol. The zero-order chi connectivity index (χ0) is 48.8. The third kappa shape index (κ3) is 9.85. The molecule has 3 atom stereocenters. The Labute approximate surface area is 413 Å². The molecule has 18 heteroatoms. The summed E-state index contributed by atoms with van der Waals surface area (Å²) in [6, 6.07) is 25.5. The van der Waals surface area contributed by atoms with Crippen LogP contribution in [0.15, 0.2) is 77.2 Å². The molecular formula is C51H55ClN6O9S2. The van der Waals surface area contributed by atoms with Gasteiger partial charge >= 0.3 is 0 Å². The molecule has 4 aromatic carbocycles. The summed E-state index contributed by atoms with van der Waals surface area (Å²) >= 11 is 9.77. The van der Waals surface area contributed by atoms with Crippen LogP contribution in [0.1, 0.15) is 82.0 Å². The lowest BCUT2D eigenvalue weighted by atomic mass is 9.79. The van der Waals surface area contributed by atoms with Gasteiger partial charge in [0.2, 0.25) is 5.91 Å². The normalized spacial score (nSPS) is 18.9. The van der Waals surface area contributed by atoms with Gasteiger partial charge in [0.15, 0.2) is 23.9 Å². The number of aldehydes is 3. The lowest BCUT2D eigenvalue weighted by Crippen LogP contribution is -2.59. The van der Waals surface area contributed by atoms with Crippen LogP contribution in [-0.2, 0) is 20.1 Å². The van der Waals surface area contributed by atoms with Gasteiger partial charge in [-0.2, -0.15) is 4.98 Å². The average Bonchev–Trinajstić information content (AvgIpc) is 4.06. The molecule has 362 valence electrons. The Balaban J connectivity index is 0.00000156. The molecule has 11 rings (SSSR count). The summed E-state index contributed by atoms with van der Waals surface area (Å²) in [5.74, 6) is 0.879. The number of fused-ring (bicyclic) bond motifs is 3. The SMILES string of the molecule is CNC(=O)C(CCC=O)N1C(=O)c2cccc3c(C4CCN(c5nc6cc(CSN7C8CC(Nc9cccc(-c%10sc(C=O)c(OCC=O)c%10Cl)c9)CC7C8)ccc6o5)CC4)ccc1c23.CO.CO. The lowest BCUT2D eigenvalue weighted by Gasteiger charge is -2.54. The van der Waals surface area contributed by atoms with Crippen LogP contribution in [0, 0.1) is 0 Å². The lowest BCUT2D eigenvalue weighted by molar-refractivity contribution is -0.122. The number of thiophene rings is 1. The van der Waals surface area contributed by atoms with Gasteiger partial charge in [-0.25, -0.2) is 4.31 Å². The van der Waals surface area contributed by atoms with E-state index in [-0.39, 0.29) is 42.9 Å². The van der Waals surface area contributed by atoms with Gasteiger partial charge in [-0.05, 0) is 103 Å². The number of anilines is 3. The molecular weight excluding hydrogens is 940 g/mol. The summed E-state index contributed by atoms with van der Waals surface area (Å²) in [5.41, 5.74) is 7.23. The molecule has 6 heterocycles. The molecule has 4 N–H and O–H groups in total. The second-order valence-corrected chi connectivity index (χ2v) is 19.5. The van der Waals surface area contributed by atoms with Crippen LogP contribution in [0.3, 0.4) is 0 Å². The number of aliphatic hydroxyl groups excluding tert-OH is 2. The molecule has 5 aliphatic rings. The summed E-state index contributed by atoms with van der Waals surface area (Å²) in [7, 11) is 3.55. The van der Waals surface area contributed by atoms with Crippen molar-refractivity contribution in [1.82, 2.24) is 14.6 Å². The molecule has 0 radical (unpaired) electrons. The van der Waals surface area contributed by atoms with Gasteiger partial charge in [0.25, 0.3) is 11.9 Å². The molecule has 1 aliphatic carbocycles. The van der Waals surface area contributed by atoms with Gasteiger partial charge in [-0.3, -0.25) is 24.1 Å². The molecule has 3 saturated heterocycles. The van der Waals surface area contributed by atoms with Crippen molar-refractivity contribution in [3.63, 3.8) is 0 Å². The third-order valence-electron chi connectivity index (χ3n) is 13.3. The minimum absolute atomic E-state index is 0.168. The van der Waals surface area contributed by atoms with E-state index in [1.54, 1.807) is 11.9 Å². The fraction of sp³-hybridized carbons (Fsp3) is 0.373. The van der Waals surface area contributed by atoms with Gasteiger partial charge in [0.05, 0.1) is 10.6 Å². The van der Waals surface area contributed by atoms with Gasteiger partial charge in [0, 0.05) is 81.3 Å². The number of aromatic nitrogens is 1. The van der Waals surface area contributed by atoms with Crippen molar-refractivity contribution in [3.05, 3.63) is 99.4 Å². The number of nitrogens with zero attached hydrogens (tertiary/aromatic N) is 4. The number of carbonyl (C=O) groups excluding carboxylic acids is 5. The summed E-state index contributed by atoms with van der Waals surface area (Å²) in [6.07, 6.45) is 7.63. The third-order valence-corrected chi connectivity index (χ3v) is 16.3. The molecule has 2 bridgehead atoms. The van der Waals surface area contributed by atoms with Crippen molar-refractivity contribution >= 4 is 105 Å². The zero-order valence-electron chi connectivity index (χ0n) is 38.6. The second-order valence-electron chi connectivity index (χ2n) is 17.1. The first-order chi connectivity index (χ1) is 33.8. The number of oxazole rings is 1. The number of aliphatic hydroxyl groups is 2. The van der Waals surface area contributed by atoms with E-state index in [9.17, 15) is 24.0 Å². The highest BCUT2D eigenvalue weighted by molar-refractivity contribution is 7.96. The first-order valence-corrected chi connectivity index (χ1v) is 25.1. The molecule has 0 spiro atoms. The molecule has 2 aromatic heterocycles. The monoisotopic (exact) mass is 994 g/mol. The quantitative estimate of drug-likeness (QED) is 0.0504. The van der Waals surface area contributed by atoms with Gasteiger partial charge in [0.1, 0.15) is 34.4 Å². The maximum Gasteiger partial charge on any atom is 0.298 e. The van der Waals surface area contributed by atoms with E-state index in [0.29, 0.717) is 52.2 Å². The number of rotatable bonds is 17. The van der Waals surface area contributed by atoms with E-state index < -0.39 is 6.04 Å². The van der Waals surface area contributed by atoms with E-state index in [4.69, 9.17) is 36.0 Å². The Kier molecular flexibility index (Phi) is 16.0. The standard InChI is InChI=1S/C49H47ClN6O7S2.2CH4O/c1-51-47(60)40(9-4-18-57)55-39-12-11-35(36-7-3-8-37(43(36)39)48(55)61)29-14-16-54(17-15-29)49-53-38-21-28(10-13-41(38)63-49)27-64-56-33-23-32(24-34(56)25-33)52-31-6-2-5-30(22-31)46-44(50)45(62-20-19-58)42(26-59)65-46;2*1-2/h2-3,5-8,10-13,18-19,21-22,26,29,32-34,40,52H,4,9,14-17,20,23-25,27H2,1H3,(H,51,60);2*2H,1H3. The number of hydrogen-bond acceptors (Lipinski definition) is 15. The predicted octanol–water partition coefficient (Wildman–Crippen LogP) is 8.27. The highest BCUT2D eigenvalue weighted by atomic mass is 35.5. The van der Waals surface area contributed by atoms with E-state index in [2.05, 4.69) is 56.2 Å². The van der Waals surface area contributed by atoms with Crippen molar-refractivity contribution in [2.24, 2.45) is 0 Å². The number of amides is 2. The Bertz CT molecular complexity index is 2840. The second kappa shape index (κ2) is 22.3. The molecule has 15 nitrogen and oxygen atoms in total. The number of hydrogen-bond donors (Lipinski definition) is 4. The maximum atomic E-state index is 13.8. The molecule has 69 heavy (non-hydrogen) atoms. The smallest absolute Gasteiger partial charge is 0.298 e. The topological polar surface area (TPSA) is 195 Å². The van der Waals surface area contributed by atoms with Crippen molar-refractivity contribution in [3.8, 4) is 16.2 Å². The first-order valence-electron chi connectivity index (χ1n) is 23.0. The maximum absolute atomic E-state index is 13.8. The van der Waals surface area contributed by atoms with Crippen molar-refractivity contribution < 1.29 is 43.3 Å². The van der Waals surface area contributed by atoms with E-state index in [0.717, 1.165) is 109 Å². The highest BCUT2D eigenvalue weighted by Gasteiger charge is 2.46. The van der Waals surface area contributed by atoms with E-state index in [1.165, 1.54) is 28.9 Å². The van der Waals surface area contributed by atoms with Crippen LogP contribution in [0.2, 0.25) is 5.02 Å². The molecule has 4 fully saturated rings. The summed E-state index contributed by atoms with van der Waals surface area (Å²) in [6.45, 7) is 1.39. The first kappa shape index (κ1) is 49.6. The van der Waals surface area contributed by atoms with Gasteiger partial charge in [-0.1, -0.05) is 59.9 Å². The number of halogens is 1. The minimum atomic E-state index is -0.767. The van der Waals surface area contributed by atoms with Crippen LogP contribution in [-0.4, -0.2) is 115 Å². The fourth-order valence-corrected chi connectivity index (χ4v) is 12.9. The van der Waals surface area contributed by atoms with Crippen molar-refractivity contribution in [2.75, 3.05) is 56.1 Å². The van der Waals surface area contributed by atoms with Crippen LogP contribution < -0.4 is 25.2 Å². The molecule has 4 aliphatic heterocycles. The highest BCUT2D eigenvalue weighted by Crippen LogP contribution is 2.48. The van der Waals surface area contributed by atoms with Gasteiger partial charge in [-0.15, -0.1) is 11.3 Å². The van der Waals surface area contributed by atoms with Crippen molar-refractivity contribution in [2.45, 2.75) is 80.8 Å². The summed E-state index contributed by atoms with van der Waals surface area (Å²) in [4.78, 5) is 70.3. The zero-order valence-corrected chi connectivity index (χ0v) is 40.9. The molecule has 3 unspecified atom stereocenters. The largest absolute Gasteiger partial charge is 0.483 e. The number of likely N-dealkylation sites (N-methyl/N-ethyl adjacent to an activating group) is 1. The van der Waals surface area contributed by atoms with Crippen LogP contribution in [0.5, 0.6) is 5.75 Å². The minimum Gasteiger partial charge on any atom is -0.483 e. The van der Waals surface area contributed by atoms with E-state index >= 15 is 0 Å². The molecule has 1 saturated carbocycles. The Morgan fingerprint density at radius 2 is 1.75 bits per heavy atom. The van der Waals surface area contributed by atoms with Gasteiger partial charge < -0.3 is 39.7 Å². The summed E-state index contributed by atoms with van der Waals surface area (Å²) in [5, 5.41) is 22.7. The number of carbonyl (C=O) groups is 5. The number of piperidine rings is 2.